The predicted octanol–water partition coefficient (Wildman–Crippen LogP) is 5.74. The fourth-order valence-electron chi connectivity index (χ4n) is 3.09. The van der Waals surface area contributed by atoms with Gasteiger partial charge < -0.3 is 4.42 Å². The lowest BCUT2D eigenvalue weighted by Crippen LogP contribution is -2.02. The van der Waals surface area contributed by atoms with E-state index in [1.165, 1.54) is 22.1 Å². The molecule has 2 heterocycles. The molecule has 0 amide bonds. The Morgan fingerprint density at radius 1 is 0.808 bits per heavy atom. The van der Waals surface area contributed by atoms with Crippen molar-refractivity contribution in [1.29, 1.82) is 0 Å². The number of aromatic nitrogens is 1. The van der Waals surface area contributed by atoms with Crippen molar-refractivity contribution < 1.29 is 4.42 Å². The van der Waals surface area contributed by atoms with Crippen LogP contribution in [0.1, 0.15) is 0 Å². The summed E-state index contributed by atoms with van der Waals surface area (Å²) in [6.45, 7) is 0. The number of hydrogen-bond acceptors (Lipinski definition) is 4. The Morgan fingerprint density at radius 3 is 2.46 bits per heavy atom. The molecule has 0 radical (unpaired) electrons. The molecule has 0 spiro atoms. The van der Waals surface area contributed by atoms with Crippen LogP contribution in [0.2, 0.25) is 0 Å². The van der Waals surface area contributed by atoms with E-state index in [0.29, 0.717) is 16.2 Å². The number of benzene rings is 3. The van der Waals surface area contributed by atoms with Crippen LogP contribution in [0.5, 0.6) is 0 Å². The maximum Gasteiger partial charge on any atom is 0.346 e. The monoisotopic (exact) mass is 355 g/mol. The van der Waals surface area contributed by atoms with Crippen LogP contribution < -0.4 is 5.63 Å². The third-order valence-corrected chi connectivity index (χ3v) is 5.30. The van der Waals surface area contributed by atoms with Gasteiger partial charge in [-0.15, -0.1) is 11.3 Å². The molecule has 4 heteroatoms. The molecule has 2 aromatic heterocycles. The summed E-state index contributed by atoms with van der Waals surface area (Å²) in [5.41, 5.74) is 2.64. The fraction of sp³-hybridized carbons (Fsp3) is 0. The minimum absolute atomic E-state index is 0.358. The first-order chi connectivity index (χ1) is 12.8. The van der Waals surface area contributed by atoms with Crippen LogP contribution in [-0.2, 0) is 0 Å². The van der Waals surface area contributed by atoms with Crippen LogP contribution >= 0.6 is 11.3 Å². The highest BCUT2D eigenvalue weighted by molar-refractivity contribution is 7.13. The molecule has 26 heavy (non-hydrogen) atoms. The second-order valence-electron chi connectivity index (χ2n) is 6.09. The van der Waals surface area contributed by atoms with E-state index in [0.717, 1.165) is 16.6 Å². The number of nitrogens with zero attached hydrogens (tertiary/aromatic N) is 1. The zero-order chi connectivity index (χ0) is 17.5. The summed E-state index contributed by atoms with van der Waals surface area (Å²) in [7, 11) is 0. The van der Waals surface area contributed by atoms with Gasteiger partial charge in [-0.05, 0) is 29.0 Å². The number of para-hydroxylation sites is 1. The van der Waals surface area contributed by atoms with Crippen molar-refractivity contribution in [3.05, 3.63) is 88.6 Å². The fourth-order valence-corrected chi connectivity index (χ4v) is 3.92. The lowest BCUT2D eigenvalue weighted by atomic mass is 10.1. The Hall–Kier alpha value is -3.24. The first-order valence-electron chi connectivity index (χ1n) is 8.26. The molecule has 5 rings (SSSR count). The summed E-state index contributed by atoms with van der Waals surface area (Å²) >= 11 is 1.45. The average Bonchev–Trinajstić information content (AvgIpc) is 3.17. The molecule has 3 nitrogen and oxygen atoms in total. The summed E-state index contributed by atoms with van der Waals surface area (Å²) in [5, 5.41) is 5.91. The number of rotatable bonds is 2. The SMILES string of the molecule is O=c1oc2ccccc2cc1-c1nc(-c2ccc3ccccc3c2)cs1. The molecule has 3 aromatic carbocycles. The third-order valence-electron chi connectivity index (χ3n) is 4.42. The minimum Gasteiger partial charge on any atom is -0.422 e. The molecule has 0 aliphatic rings. The summed E-state index contributed by atoms with van der Waals surface area (Å²) in [6, 6.07) is 23.9. The van der Waals surface area contributed by atoms with Crippen LogP contribution in [0.3, 0.4) is 0 Å². The van der Waals surface area contributed by atoms with Crippen molar-refractivity contribution in [3.8, 4) is 21.8 Å². The van der Waals surface area contributed by atoms with E-state index in [1.807, 2.05) is 41.8 Å². The Kier molecular flexibility index (Phi) is 3.43. The molecule has 0 saturated carbocycles. The topological polar surface area (TPSA) is 43.1 Å². The standard InChI is InChI=1S/C22H13NO2S/c24-22-18(12-17-7-3-4-8-20(17)25-22)21-23-19(13-26-21)16-10-9-14-5-1-2-6-15(14)11-16/h1-13H. The average molecular weight is 355 g/mol. The van der Waals surface area contributed by atoms with Crippen LogP contribution in [0.25, 0.3) is 43.6 Å². The Labute approximate surface area is 153 Å². The van der Waals surface area contributed by atoms with Crippen molar-refractivity contribution in [1.82, 2.24) is 4.98 Å². The zero-order valence-electron chi connectivity index (χ0n) is 13.7. The zero-order valence-corrected chi connectivity index (χ0v) is 14.5. The molecular formula is C22H13NO2S. The smallest absolute Gasteiger partial charge is 0.346 e. The maximum absolute atomic E-state index is 12.4. The minimum atomic E-state index is -0.358. The Bertz CT molecular complexity index is 1320. The molecule has 0 saturated heterocycles. The summed E-state index contributed by atoms with van der Waals surface area (Å²) in [4.78, 5) is 17.0. The highest BCUT2D eigenvalue weighted by Crippen LogP contribution is 2.30. The summed E-state index contributed by atoms with van der Waals surface area (Å²) in [5.74, 6) is 0. The lowest BCUT2D eigenvalue weighted by molar-refractivity contribution is 0.563. The quantitative estimate of drug-likeness (QED) is 0.379. The van der Waals surface area contributed by atoms with Crippen molar-refractivity contribution >= 4 is 33.1 Å². The van der Waals surface area contributed by atoms with E-state index in [1.54, 1.807) is 6.07 Å². The summed E-state index contributed by atoms with van der Waals surface area (Å²) in [6.07, 6.45) is 0. The van der Waals surface area contributed by atoms with E-state index in [4.69, 9.17) is 4.42 Å². The Balaban J connectivity index is 1.61. The molecule has 0 fully saturated rings. The van der Waals surface area contributed by atoms with Crippen molar-refractivity contribution in [2.75, 3.05) is 0 Å². The molecular weight excluding hydrogens is 342 g/mol. The van der Waals surface area contributed by atoms with Crippen molar-refractivity contribution in [2.24, 2.45) is 0 Å². The van der Waals surface area contributed by atoms with Crippen LogP contribution in [0, 0.1) is 0 Å². The van der Waals surface area contributed by atoms with Gasteiger partial charge in [-0.25, -0.2) is 9.78 Å². The number of fused-ring (bicyclic) bond motifs is 2. The molecule has 0 N–H and O–H groups in total. The van der Waals surface area contributed by atoms with Crippen molar-refractivity contribution in [2.45, 2.75) is 0 Å². The van der Waals surface area contributed by atoms with E-state index in [2.05, 4.69) is 35.3 Å². The van der Waals surface area contributed by atoms with Gasteiger partial charge in [0.2, 0.25) is 0 Å². The number of hydrogen-bond donors (Lipinski definition) is 0. The van der Waals surface area contributed by atoms with Gasteiger partial charge in [0.05, 0.1) is 11.3 Å². The van der Waals surface area contributed by atoms with Crippen LogP contribution in [0.15, 0.2) is 87.4 Å². The molecule has 0 aliphatic carbocycles. The van der Waals surface area contributed by atoms with Gasteiger partial charge in [0.1, 0.15) is 10.6 Å². The lowest BCUT2D eigenvalue weighted by Gasteiger charge is -2.01. The van der Waals surface area contributed by atoms with Crippen LogP contribution in [-0.4, -0.2) is 4.98 Å². The van der Waals surface area contributed by atoms with E-state index >= 15 is 0 Å². The second kappa shape index (κ2) is 5.93. The highest BCUT2D eigenvalue weighted by atomic mass is 32.1. The van der Waals surface area contributed by atoms with Gasteiger partial charge in [0, 0.05) is 16.3 Å². The number of thiazole rings is 1. The largest absolute Gasteiger partial charge is 0.422 e. The van der Waals surface area contributed by atoms with Gasteiger partial charge in [0.25, 0.3) is 0 Å². The second-order valence-corrected chi connectivity index (χ2v) is 6.94. The molecule has 0 unspecified atom stereocenters. The highest BCUT2D eigenvalue weighted by Gasteiger charge is 2.13. The normalized spacial score (nSPS) is 11.2. The molecule has 0 bridgehead atoms. The van der Waals surface area contributed by atoms with Gasteiger partial charge in [-0.1, -0.05) is 54.6 Å². The van der Waals surface area contributed by atoms with Gasteiger partial charge >= 0.3 is 5.63 Å². The summed E-state index contributed by atoms with van der Waals surface area (Å²) < 4.78 is 5.43. The first-order valence-corrected chi connectivity index (χ1v) is 9.14. The molecule has 0 atom stereocenters. The maximum atomic E-state index is 12.4. The third kappa shape index (κ3) is 2.52. The van der Waals surface area contributed by atoms with E-state index in [9.17, 15) is 4.79 Å². The molecule has 124 valence electrons. The van der Waals surface area contributed by atoms with Gasteiger partial charge in [-0.2, -0.15) is 0 Å². The van der Waals surface area contributed by atoms with Crippen molar-refractivity contribution in [3.63, 3.8) is 0 Å². The van der Waals surface area contributed by atoms with Gasteiger partial charge in [-0.3, -0.25) is 0 Å². The molecule has 5 aromatic rings. The Morgan fingerprint density at radius 2 is 1.58 bits per heavy atom. The van der Waals surface area contributed by atoms with Crippen LogP contribution in [0.4, 0.5) is 0 Å². The van der Waals surface area contributed by atoms with Gasteiger partial charge in [0.15, 0.2) is 0 Å². The van der Waals surface area contributed by atoms with E-state index in [-0.39, 0.29) is 5.63 Å². The first kappa shape index (κ1) is 15.0. The van der Waals surface area contributed by atoms with E-state index < -0.39 is 0 Å². The molecule has 0 aliphatic heterocycles. The predicted molar refractivity (Wildman–Crippen MR) is 107 cm³/mol.